The van der Waals surface area contributed by atoms with Crippen molar-refractivity contribution in [3.63, 3.8) is 0 Å². The highest BCUT2D eigenvalue weighted by Gasteiger charge is 2.10. The van der Waals surface area contributed by atoms with E-state index in [1.165, 1.54) is 19.1 Å². The van der Waals surface area contributed by atoms with Crippen LogP contribution in [0.3, 0.4) is 0 Å². The van der Waals surface area contributed by atoms with Crippen LogP contribution in [0.5, 0.6) is 5.75 Å². The van der Waals surface area contributed by atoms with Crippen molar-refractivity contribution in [2.45, 2.75) is 26.4 Å². The number of ketones is 1. The fraction of sp³-hybridized carbons (Fsp3) is 0.333. The minimum atomic E-state index is -0.588. The first-order valence-corrected chi connectivity index (χ1v) is 4.88. The van der Waals surface area contributed by atoms with Crippen LogP contribution in [0, 0.1) is 17.1 Å². The highest BCUT2D eigenvalue weighted by molar-refractivity contribution is 5.75. The number of rotatable bonds is 4. The summed E-state index contributed by atoms with van der Waals surface area (Å²) in [5, 5.41) is 8.55. The summed E-state index contributed by atoms with van der Waals surface area (Å²) in [6.07, 6.45) is -0.140. The van der Waals surface area contributed by atoms with E-state index in [4.69, 9.17) is 10.00 Å². The van der Waals surface area contributed by atoms with E-state index in [9.17, 15) is 9.18 Å². The average molecular weight is 221 g/mol. The molecule has 0 amide bonds. The van der Waals surface area contributed by atoms with Crippen molar-refractivity contribution in [1.82, 2.24) is 0 Å². The standard InChI is InChI=1S/C12H12FNO2/c1-8(15)5-9(2)16-12-4-3-10(7-14)6-11(12)13/h3-4,6,9H,5H2,1-2H3. The zero-order valence-corrected chi connectivity index (χ0v) is 9.16. The molecular weight excluding hydrogens is 209 g/mol. The zero-order valence-electron chi connectivity index (χ0n) is 9.16. The van der Waals surface area contributed by atoms with E-state index < -0.39 is 5.82 Å². The number of ether oxygens (including phenoxy) is 1. The number of carbonyl (C=O) groups excluding carboxylic acids is 1. The van der Waals surface area contributed by atoms with Crippen molar-refractivity contribution >= 4 is 5.78 Å². The molecule has 0 radical (unpaired) electrons. The lowest BCUT2D eigenvalue weighted by Gasteiger charge is -2.13. The van der Waals surface area contributed by atoms with Crippen molar-refractivity contribution in [3.05, 3.63) is 29.6 Å². The quantitative estimate of drug-likeness (QED) is 0.784. The second-order valence-corrected chi connectivity index (χ2v) is 3.59. The molecule has 1 rings (SSSR count). The Morgan fingerprint density at radius 1 is 1.62 bits per heavy atom. The van der Waals surface area contributed by atoms with Gasteiger partial charge in [0.2, 0.25) is 0 Å². The number of nitrogens with zero attached hydrogens (tertiary/aromatic N) is 1. The normalized spacial score (nSPS) is 11.6. The monoisotopic (exact) mass is 221 g/mol. The van der Waals surface area contributed by atoms with Crippen molar-refractivity contribution in [1.29, 1.82) is 5.26 Å². The van der Waals surface area contributed by atoms with Gasteiger partial charge in [0.1, 0.15) is 11.9 Å². The Morgan fingerprint density at radius 2 is 2.31 bits per heavy atom. The molecule has 0 N–H and O–H groups in total. The third-order valence-corrected chi connectivity index (χ3v) is 1.96. The number of hydrogen-bond donors (Lipinski definition) is 0. The Bertz CT molecular complexity index is 437. The minimum absolute atomic E-state index is 0.0125. The topological polar surface area (TPSA) is 50.1 Å². The van der Waals surface area contributed by atoms with Gasteiger partial charge in [0.15, 0.2) is 11.6 Å². The van der Waals surface area contributed by atoms with Gasteiger partial charge >= 0.3 is 0 Å². The molecule has 0 spiro atoms. The molecule has 1 aromatic rings. The number of halogens is 1. The van der Waals surface area contributed by atoms with Gasteiger partial charge in [-0.3, -0.25) is 4.79 Å². The van der Waals surface area contributed by atoms with Gasteiger partial charge in [0.25, 0.3) is 0 Å². The average Bonchev–Trinajstić information content (AvgIpc) is 2.19. The van der Waals surface area contributed by atoms with Gasteiger partial charge in [-0.1, -0.05) is 0 Å². The van der Waals surface area contributed by atoms with Crippen LogP contribution in [0.1, 0.15) is 25.8 Å². The number of Topliss-reactive ketones (excluding diaryl/α,β-unsaturated/α-hetero) is 1. The molecule has 1 unspecified atom stereocenters. The predicted octanol–water partition coefficient (Wildman–Crippen LogP) is 2.44. The molecule has 0 aliphatic rings. The van der Waals surface area contributed by atoms with E-state index in [1.807, 2.05) is 6.07 Å². The predicted molar refractivity (Wildman–Crippen MR) is 56.5 cm³/mol. The third-order valence-electron chi connectivity index (χ3n) is 1.96. The van der Waals surface area contributed by atoms with Crippen LogP contribution in [0.15, 0.2) is 18.2 Å². The summed E-state index contributed by atoms with van der Waals surface area (Å²) in [5.74, 6) is -0.538. The van der Waals surface area contributed by atoms with Crippen molar-refractivity contribution < 1.29 is 13.9 Å². The molecule has 0 fully saturated rings. The largest absolute Gasteiger partial charge is 0.487 e. The van der Waals surface area contributed by atoms with Crippen molar-refractivity contribution in [2.24, 2.45) is 0 Å². The molecule has 4 heteroatoms. The molecule has 0 aromatic heterocycles. The Balaban J connectivity index is 2.75. The smallest absolute Gasteiger partial charge is 0.166 e. The number of hydrogen-bond acceptors (Lipinski definition) is 3. The van der Waals surface area contributed by atoms with Gasteiger partial charge in [-0.15, -0.1) is 0 Å². The summed E-state index contributed by atoms with van der Waals surface area (Å²) < 4.78 is 18.6. The van der Waals surface area contributed by atoms with Gasteiger partial charge in [-0.2, -0.15) is 5.26 Å². The molecule has 0 heterocycles. The molecule has 0 aliphatic heterocycles. The van der Waals surface area contributed by atoms with E-state index in [1.54, 1.807) is 6.92 Å². The zero-order chi connectivity index (χ0) is 12.1. The molecule has 84 valence electrons. The highest BCUT2D eigenvalue weighted by atomic mass is 19.1. The van der Waals surface area contributed by atoms with Gasteiger partial charge in [0.05, 0.1) is 11.6 Å². The first kappa shape index (κ1) is 12.2. The van der Waals surface area contributed by atoms with Gasteiger partial charge in [0, 0.05) is 6.42 Å². The van der Waals surface area contributed by atoms with Gasteiger partial charge in [-0.05, 0) is 32.0 Å². The number of carbonyl (C=O) groups is 1. The summed E-state index contributed by atoms with van der Waals surface area (Å²) in [4.78, 5) is 10.8. The Morgan fingerprint density at radius 3 is 2.81 bits per heavy atom. The van der Waals surface area contributed by atoms with Crippen LogP contribution in [-0.2, 0) is 4.79 Å². The van der Waals surface area contributed by atoms with Gasteiger partial charge < -0.3 is 4.74 Å². The summed E-state index contributed by atoms with van der Waals surface area (Å²) in [5.41, 5.74) is 0.240. The summed E-state index contributed by atoms with van der Waals surface area (Å²) in [6.45, 7) is 3.15. The Labute approximate surface area is 93.5 Å². The SMILES string of the molecule is CC(=O)CC(C)Oc1ccc(C#N)cc1F. The maximum Gasteiger partial charge on any atom is 0.166 e. The second-order valence-electron chi connectivity index (χ2n) is 3.59. The molecule has 16 heavy (non-hydrogen) atoms. The first-order valence-electron chi connectivity index (χ1n) is 4.88. The van der Waals surface area contributed by atoms with E-state index >= 15 is 0 Å². The summed E-state index contributed by atoms with van der Waals surface area (Å²) in [6, 6.07) is 5.80. The van der Waals surface area contributed by atoms with Crippen LogP contribution < -0.4 is 4.74 Å². The lowest BCUT2D eigenvalue weighted by molar-refractivity contribution is -0.118. The van der Waals surface area contributed by atoms with Crippen LogP contribution in [0.2, 0.25) is 0 Å². The number of nitriles is 1. The molecule has 1 aromatic carbocycles. The highest BCUT2D eigenvalue weighted by Crippen LogP contribution is 2.20. The molecule has 0 saturated carbocycles. The summed E-state index contributed by atoms with van der Waals surface area (Å²) >= 11 is 0. The van der Waals surface area contributed by atoms with Crippen LogP contribution >= 0.6 is 0 Å². The molecule has 0 bridgehead atoms. The van der Waals surface area contributed by atoms with Crippen LogP contribution in [0.4, 0.5) is 4.39 Å². The van der Waals surface area contributed by atoms with Crippen molar-refractivity contribution in [2.75, 3.05) is 0 Å². The first-order chi connectivity index (χ1) is 7.52. The lowest BCUT2D eigenvalue weighted by Crippen LogP contribution is -2.16. The Kier molecular flexibility index (Phi) is 4.01. The maximum absolute atomic E-state index is 13.4. The molecular formula is C12H12FNO2. The lowest BCUT2D eigenvalue weighted by atomic mass is 10.2. The summed E-state index contributed by atoms with van der Waals surface area (Å²) in [7, 11) is 0. The fourth-order valence-corrected chi connectivity index (χ4v) is 1.33. The Hall–Kier alpha value is -1.89. The van der Waals surface area contributed by atoms with E-state index in [-0.39, 0.29) is 29.6 Å². The van der Waals surface area contributed by atoms with Crippen LogP contribution in [0.25, 0.3) is 0 Å². The third kappa shape index (κ3) is 3.35. The van der Waals surface area contributed by atoms with E-state index in [2.05, 4.69) is 0 Å². The fourth-order valence-electron chi connectivity index (χ4n) is 1.33. The van der Waals surface area contributed by atoms with E-state index in [0.29, 0.717) is 0 Å². The van der Waals surface area contributed by atoms with Gasteiger partial charge in [-0.25, -0.2) is 4.39 Å². The minimum Gasteiger partial charge on any atom is -0.487 e. The van der Waals surface area contributed by atoms with Crippen LogP contribution in [-0.4, -0.2) is 11.9 Å². The second kappa shape index (κ2) is 5.26. The number of benzene rings is 1. The molecule has 0 saturated heterocycles. The molecule has 0 aliphatic carbocycles. The maximum atomic E-state index is 13.4. The molecule has 3 nitrogen and oxygen atoms in total. The van der Waals surface area contributed by atoms with E-state index in [0.717, 1.165) is 6.07 Å². The van der Waals surface area contributed by atoms with Crippen molar-refractivity contribution in [3.8, 4) is 11.8 Å². The molecule has 1 atom stereocenters.